The Balaban J connectivity index is 2.46. The van der Waals surface area contributed by atoms with E-state index in [1.807, 2.05) is 4.90 Å². The van der Waals surface area contributed by atoms with Gasteiger partial charge in [0.2, 0.25) is 10.4 Å². The maximum atomic E-state index is 11.1. The van der Waals surface area contributed by atoms with Crippen LogP contribution in [0.1, 0.15) is 19.3 Å². The van der Waals surface area contributed by atoms with Crippen molar-refractivity contribution in [3.05, 3.63) is 21.6 Å². The highest BCUT2D eigenvalue weighted by molar-refractivity contribution is 9.10. The van der Waals surface area contributed by atoms with Crippen LogP contribution in [-0.4, -0.2) is 27.8 Å². The molecule has 1 aromatic heterocycles. The molecule has 0 atom stereocenters. The zero-order chi connectivity index (χ0) is 12.4. The van der Waals surface area contributed by atoms with Gasteiger partial charge in [-0.3, -0.25) is 10.1 Å². The Labute approximate surface area is 108 Å². The molecule has 93 valence electrons. The van der Waals surface area contributed by atoms with Crippen molar-refractivity contribution >= 4 is 27.4 Å². The Morgan fingerprint density at radius 3 is 2.65 bits per heavy atom. The predicted molar refractivity (Wildman–Crippen MR) is 68.0 cm³/mol. The van der Waals surface area contributed by atoms with E-state index in [1.165, 1.54) is 0 Å². The van der Waals surface area contributed by atoms with Crippen molar-refractivity contribution in [3.8, 4) is 0 Å². The van der Waals surface area contributed by atoms with Crippen LogP contribution in [0, 0.1) is 17.0 Å². The Morgan fingerprint density at radius 1 is 1.47 bits per heavy atom. The van der Waals surface area contributed by atoms with E-state index in [0.29, 0.717) is 23.4 Å². The molecule has 0 spiro atoms. The summed E-state index contributed by atoms with van der Waals surface area (Å²) in [5.74, 6) is 0.614. The number of nitrogens with zero attached hydrogens (tertiary/aromatic N) is 4. The fourth-order valence-electron chi connectivity index (χ4n) is 2.12. The number of anilines is 1. The van der Waals surface area contributed by atoms with Gasteiger partial charge in [0.05, 0.1) is 4.92 Å². The standard InChI is InChI=1S/C10H14BrN4O2/c1-2-5-14-10(13-6-3-4-7-13)8(15(16)17)9(11)12-14/h1-7H2. The number of halogens is 1. The molecule has 1 radical (unpaired) electrons. The number of aryl methyl sites for hydroxylation is 1. The maximum Gasteiger partial charge on any atom is 0.345 e. The first-order valence-electron chi connectivity index (χ1n) is 5.60. The molecule has 0 amide bonds. The van der Waals surface area contributed by atoms with Crippen molar-refractivity contribution in [1.29, 1.82) is 0 Å². The lowest BCUT2D eigenvalue weighted by Crippen LogP contribution is -2.22. The van der Waals surface area contributed by atoms with Crippen LogP contribution in [0.2, 0.25) is 0 Å². The van der Waals surface area contributed by atoms with E-state index in [9.17, 15) is 10.1 Å². The second-order valence-corrected chi connectivity index (χ2v) is 4.74. The Hall–Kier alpha value is -1.11. The van der Waals surface area contributed by atoms with E-state index >= 15 is 0 Å². The normalized spacial score (nSPS) is 15.5. The third-order valence-electron chi connectivity index (χ3n) is 2.82. The Bertz CT molecular complexity index is 426. The molecular formula is C10H14BrN4O2. The highest BCUT2D eigenvalue weighted by atomic mass is 79.9. The lowest BCUT2D eigenvalue weighted by molar-refractivity contribution is -0.385. The van der Waals surface area contributed by atoms with Crippen molar-refractivity contribution in [3.63, 3.8) is 0 Å². The minimum Gasteiger partial charge on any atom is -0.351 e. The third kappa shape index (κ3) is 2.29. The fourth-order valence-corrected chi connectivity index (χ4v) is 2.63. The molecule has 0 aromatic carbocycles. The molecular weight excluding hydrogens is 288 g/mol. The summed E-state index contributed by atoms with van der Waals surface area (Å²) in [5.41, 5.74) is 0.0698. The third-order valence-corrected chi connectivity index (χ3v) is 3.35. The van der Waals surface area contributed by atoms with Gasteiger partial charge in [0, 0.05) is 19.6 Å². The van der Waals surface area contributed by atoms with Crippen LogP contribution in [-0.2, 0) is 6.54 Å². The van der Waals surface area contributed by atoms with Gasteiger partial charge in [0.15, 0.2) is 0 Å². The summed E-state index contributed by atoms with van der Waals surface area (Å²) in [5, 5.41) is 15.3. The van der Waals surface area contributed by atoms with Crippen LogP contribution in [0.4, 0.5) is 11.5 Å². The minimum atomic E-state index is -0.371. The average molecular weight is 302 g/mol. The summed E-state index contributed by atoms with van der Waals surface area (Å²) in [6.45, 7) is 6.08. The summed E-state index contributed by atoms with van der Waals surface area (Å²) < 4.78 is 1.98. The molecule has 0 saturated carbocycles. The van der Waals surface area contributed by atoms with Crippen molar-refractivity contribution in [1.82, 2.24) is 9.78 Å². The summed E-state index contributed by atoms with van der Waals surface area (Å²) in [7, 11) is 0. The second-order valence-electron chi connectivity index (χ2n) is 3.99. The van der Waals surface area contributed by atoms with E-state index < -0.39 is 0 Å². The summed E-state index contributed by atoms with van der Waals surface area (Å²) in [6, 6.07) is 0. The van der Waals surface area contributed by atoms with E-state index in [2.05, 4.69) is 28.0 Å². The molecule has 0 bridgehead atoms. The molecule has 2 heterocycles. The van der Waals surface area contributed by atoms with E-state index in [1.54, 1.807) is 4.68 Å². The van der Waals surface area contributed by atoms with Crippen molar-refractivity contribution in [2.24, 2.45) is 0 Å². The van der Waals surface area contributed by atoms with E-state index in [-0.39, 0.29) is 10.6 Å². The predicted octanol–water partition coefficient (Wildman–Crippen LogP) is 2.38. The van der Waals surface area contributed by atoms with Gasteiger partial charge < -0.3 is 4.90 Å². The summed E-state index contributed by atoms with van der Waals surface area (Å²) >= 11 is 3.16. The average Bonchev–Trinajstić information content (AvgIpc) is 2.85. The van der Waals surface area contributed by atoms with Gasteiger partial charge in [0.25, 0.3) is 0 Å². The molecule has 1 aliphatic rings. The van der Waals surface area contributed by atoms with Crippen molar-refractivity contribution in [2.75, 3.05) is 18.0 Å². The van der Waals surface area contributed by atoms with Gasteiger partial charge in [-0.05, 0) is 35.2 Å². The Kier molecular flexibility index (Phi) is 3.66. The first kappa shape index (κ1) is 12.3. The van der Waals surface area contributed by atoms with Gasteiger partial charge in [0.1, 0.15) is 0 Å². The zero-order valence-corrected chi connectivity index (χ0v) is 11.0. The lowest BCUT2D eigenvalue weighted by Gasteiger charge is -2.17. The molecule has 7 heteroatoms. The van der Waals surface area contributed by atoms with Crippen molar-refractivity contribution < 1.29 is 4.92 Å². The van der Waals surface area contributed by atoms with Gasteiger partial charge >= 0.3 is 5.69 Å². The molecule has 0 aliphatic carbocycles. The minimum absolute atomic E-state index is 0.0698. The zero-order valence-electron chi connectivity index (χ0n) is 9.43. The molecule has 0 N–H and O–H groups in total. The molecule has 1 aromatic rings. The molecule has 17 heavy (non-hydrogen) atoms. The molecule has 1 fully saturated rings. The molecule has 0 unspecified atom stereocenters. The molecule has 2 rings (SSSR count). The highest BCUT2D eigenvalue weighted by Gasteiger charge is 2.31. The van der Waals surface area contributed by atoms with Crippen molar-refractivity contribution in [2.45, 2.75) is 25.8 Å². The summed E-state index contributed by atoms with van der Waals surface area (Å²) in [4.78, 5) is 12.8. The van der Waals surface area contributed by atoms with Crippen LogP contribution < -0.4 is 4.90 Å². The Morgan fingerprint density at radius 2 is 2.12 bits per heavy atom. The van der Waals surface area contributed by atoms with Gasteiger partial charge in [-0.25, -0.2) is 4.68 Å². The molecule has 6 nitrogen and oxygen atoms in total. The number of aromatic nitrogens is 2. The fraction of sp³-hybridized carbons (Fsp3) is 0.600. The quantitative estimate of drug-likeness (QED) is 0.633. The molecule has 1 saturated heterocycles. The monoisotopic (exact) mass is 301 g/mol. The first-order chi connectivity index (χ1) is 8.15. The van der Waals surface area contributed by atoms with Crippen LogP contribution in [0.25, 0.3) is 0 Å². The first-order valence-corrected chi connectivity index (χ1v) is 6.39. The maximum absolute atomic E-state index is 11.1. The van der Waals surface area contributed by atoms with E-state index in [0.717, 1.165) is 25.9 Å². The van der Waals surface area contributed by atoms with Gasteiger partial charge in [-0.1, -0.05) is 6.92 Å². The SMILES string of the molecule is [CH2]CCn1nc(Br)c([N+](=O)[O-])c1N1CCCC1. The topological polar surface area (TPSA) is 64.2 Å². The van der Waals surface area contributed by atoms with E-state index in [4.69, 9.17) is 0 Å². The van der Waals surface area contributed by atoms with Gasteiger partial charge in [-0.2, -0.15) is 5.10 Å². The summed E-state index contributed by atoms with van der Waals surface area (Å²) in [6.07, 6.45) is 2.81. The molecule has 1 aliphatic heterocycles. The lowest BCUT2D eigenvalue weighted by atomic mass is 10.4. The second kappa shape index (κ2) is 5.03. The van der Waals surface area contributed by atoms with Gasteiger partial charge in [-0.15, -0.1) is 0 Å². The highest BCUT2D eigenvalue weighted by Crippen LogP contribution is 2.36. The van der Waals surface area contributed by atoms with Crippen LogP contribution in [0.3, 0.4) is 0 Å². The number of hydrogen-bond acceptors (Lipinski definition) is 4. The number of hydrogen-bond donors (Lipinski definition) is 0. The largest absolute Gasteiger partial charge is 0.351 e. The smallest absolute Gasteiger partial charge is 0.345 e. The van der Waals surface area contributed by atoms with Crippen LogP contribution in [0.15, 0.2) is 4.60 Å². The number of rotatable bonds is 4. The number of nitro groups is 1. The van der Waals surface area contributed by atoms with Crippen LogP contribution in [0.5, 0.6) is 0 Å². The van der Waals surface area contributed by atoms with Crippen LogP contribution >= 0.6 is 15.9 Å².